The van der Waals surface area contributed by atoms with Gasteiger partial charge in [0.15, 0.2) is 0 Å². The van der Waals surface area contributed by atoms with Gasteiger partial charge in [0.1, 0.15) is 0 Å². The number of para-hydroxylation sites is 1. The largest absolute Gasteiger partial charge is 0.384 e. The van der Waals surface area contributed by atoms with Crippen LogP contribution in [0.25, 0.3) is 0 Å². The summed E-state index contributed by atoms with van der Waals surface area (Å²) < 4.78 is 0. The molecule has 2 aliphatic heterocycles. The summed E-state index contributed by atoms with van der Waals surface area (Å²) in [5, 5.41) is 6.97. The zero-order valence-corrected chi connectivity index (χ0v) is 13.1. The van der Waals surface area contributed by atoms with Gasteiger partial charge in [0, 0.05) is 35.6 Å². The Kier molecular flexibility index (Phi) is 4.57. The summed E-state index contributed by atoms with van der Waals surface area (Å²) in [6, 6.07) is 11.9. The number of aromatic nitrogens is 1. The van der Waals surface area contributed by atoms with E-state index in [2.05, 4.69) is 39.9 Å². The van der Waals surface area contributed by atoms with Crippen molar-refractivity contribution in [1.82, 2.24) is 10.3 Å². The highest BCUT2D eigenvalue weighted by Crippen LogP contribution is 2.42. The van der Waals surface area contributed by atoms with Gasteiger partial charge in [-0.1, -0.05) is 18.2 Å². The zero-order chi connectivity index (χ0) is 16.1. The second kappa shape index (κ2) is 6.79. The maximum atomic E-state index is 10.4. The third kappa shape index (κ3) is 3.35. The summed E-state index contributed by atoms with van der Waals surface area (Å²) in [5.74, 6) is -0.419. The highest BCUT2D eigenvalue weighted by atomic mass is 16.1. The molecule has 4 rings (SSSR count). The van der Waals surface area contributed by atoms with Crippen molar-refractivity contribution in [1.29, 1.82) is 0 Å². The van der Waals surface area contributed by atoms with Crippen LogP contribution in [0.4, 0.5) is 5.69 Å². The van der Waals surface area contributed by atoms with Gasteiger partial charge in [-0.05, 0) is 49.7 Å². The predicted molar refractivity (Wildman–Crippen MR) is 91.5 cm³/mol. The van der Waals surface area contributed by atoms with Crippen molar-refractivity contribution in [2.24, 2.45) is 5.73 Å². The number of piperidine rings is 1. The number of rotatable bonds is 1. The average molecular weight is 310 g/mol. The van der Waals surface area contributed by atoms with Crippen LogP contribution in [0.5, 0.6) is 0 Å². The fourth-order valence-electron chi connectivity index (χ4n) is 3.33. The maximum absolute atomic E-state index is 10.4. The van der Waals surface area contributed by atoms with Crippen molar-refractivity contribution in [2.45, 2.75) is 18.3 Å². The highest BCUT2D eigenvalue weighted by Gasteiger charge is 2.39. The Bertz CT molecular complexity index is 660. The fourth-order valence-corrected chi connectivity index (χ4v) is 3.33. The average Bonchev–Trinajstić information content (AvgIpc) is 2.96. The molecule has 0 atom stereocenters. The SMILES string of the molecule is NC(=O)c1ccncc1.c1ccc2c(c1)NCC21CCNCC1. The molecule has 0 radical (unpaired) electrons. The number of nitrogens with one attached hydrogen (secondary N) is 2. The van der Waals surface area contributed by atoms with Gasteiger partial charge in [-0.2, -0.15) is 0 Å². The Morgan fingerprint density at radius 1 is 1.09 bits per heavy atom. The lowest BCUT2D eigenvalue weighted by atomic mass is 9.75. The van der Waals surface area contributed by atoms with E-state index in [0.29, 0.717) is 11.0 Å². The van der Waals surface area contributed by atoms with Gasteiger partial charge in [-0.3, -0.25) is 9.78 Å². The fraction of sp³-hybridized carbons (Fsp3) is 0.333. The van der Waals surface area contributed by atoms with Crippen LogP contribution in [0.15, 0.2) is 48.8 Å². The molecule has 1 aromatic carbocycles. The zero-order valence-electron chi connectivity index (χ0n) is 13.1. The number of benzene rings is 1. The molecule has 2 aromatic rings. The lowest BCUT2D eigenvalue weighted by Gasteiger charge is -2.33. The minimum absolute atomic E-state index is 0.419. The molecule has 1 aromatic heterocycles. The quantitative estimate of drug-likeness (QED) is 0.752. The molecule has 0 saturated carbocycles. The van der Waals surface area contributed by atoms with E-state index in [-0.39, 0.29) is 0 Å². The number of amides is 1. The van der Waals surface area contributed by atoms with E-state index in [1.165, 1.54) is 30.9 Å². The second-order valence-corrected chi connectivity index (χ2v) is 6.03. The van der Waals surface area contributed by atoms with Crippen molar-refractivity contribution in [3.63, 3.8) is 0 Å². The molecule has 1 amide bonds. The normalized spacial score (nSPS) is 17.6. The predicted octanol–water partition coefficient (Wildman–Crippen LogP) is 1.91. The van der Waals surface area contributed by atoms with Gasteiger partial charge in [-0.25, -0.2) is 0 Å². The Morgan fingerprint density at radius 3 is 2.43 bits per heavy atom. The van der Waals surface area contributed by atoms with E-state index in [1.54, 1.807) is 17.7 Å². The molecule has 5 heteroatoms. The first-order valence-electron chi connectivity index (χ1n) is 7.95. The first-order chi connectivity index (χ1) is 11.2. The number of fused-ring (bicyclic) bond motifs is 2. The molecule has 3 heterocycles. The first-order valence-corrected chi connectivity index (χ1v) is 7.95. The molecule has 4 N–H and O–H groups in total. The van der Waals surface area contributed by atoms with Gasteiger partial charge in [0.05, 0.1) is 0 Å². The number of primary amides is 1. The Morgan fingerprint density at radius 2 is 1.78 bits per heavy atom. The van der Waals surface area contributed by atoms with E-state index in [4.69, 9.17) is 5.73 Å². The van der Waals surface area contributed by atoms with Crippen molar-refractivity contribution >= 4 is 11.6 Å². The molecule has 0 bridgehead atoms. The van der Waals surface area contributed by atoms with E-state index >= 15 is 0 Å². The van der Waals surface area contributed by atoms with E-state index in [1.807, 2.05) is 0 Å². The van der Waals surface area contributed by atoms with Gasteiger partial charge in [-0.15, -0.1) is 0 Å². The molecular weight excluding hydrogens is 288 g/mol. The smallest absolute Gasteiger partial charge is 0.248 e. The minimum Gasteiger partial charge on any atom is -0.384 e. The van der Waals surface area contributed by atoms with Gasteiger partial charge >= 0.3 is 0 Å². The number of anilines is 1. The Labute approximate surface area is 136 Å². The Hall–Kier alpha value is -2.40. The second-order valence-electron chi connectivity index (χ2n) is 6.03. The number of nitrogens with two attached hydrogens (primary N) is 1. The van der Waals surface area contributed by atoms with Crippen LogP contribution in [0.2, 0.25) is 0 Å². The molecule has 5 nitrogen and oxygen atoms in total. The molecule has 1 saturated heterocycles. The van der Waals surface area contributed by atoms with Crippen molar-refractivity contribution in [2.75, 3.05) is 25.0 Å². The van der Waals surface area contributed by atoms with Crippen LogP contribution in [-0.2, 0) is 5.41 Å². The van der Waals surface area contributed by atoms with Crippen molar-refractivity contribution in [3.8, 4) is 0 Å². The molecule has 0 unspecified atom stereocenters. The maximum Gasteiger partial charge on any atom is 0.248 e. The third-order valence-electron chi connectivity index (χ3n) is 4.64. The highest BCUT2D eigenvalue weighted by molar-refractivity contribution is 5.92. The molecular formula is C18H22N4O. The molecule has 120 valence electrons. The van der Waals surface area contributed by atoms with E-state index < -0.39 is 5.91 Å². The van der Waals surface area contributed by atoms with Crippen LogP contribution < -0.4 is 16.4 Å². The van der Waals surface area contributed by atoms with Crippen LogP contribution in [0.3, 0.4) is 0 Å². The van der Waals surface area contributed by atoms with Gasteiger partial charge in [0.2, 0.25) is 5.91 Å². The van der Waals surface area contributed by atoms with Gasteiger partial charge in [0.25, 0.3) is 0 Å². The number of hydrogen-bond acceptors (Lipinski definition) is 4. The van der Waals surface area contributed by atoms with Crippen molar-refractivity contribution in [3.05, 3.63) is 59.9 Å². The summed E-state index contributed by atoms with van der Waals surface area (Å²) in [4.78, 5) is 14.1. The summed E-state index contributed by atoms with van der Waals surface area (Å²) >= 11 is 0. The van der Waals surface area contributed by atoms with Crippen LogP contribution in [-0.4, -0.2) is 30.5 Å². The molecule has 0 aliphatic carbocycles. The molecule has 2 aliphatic rings. The lowest BCUT2D eigenvalue weighted by Crippen LogP contribution is -2.41. The number of carbonyl (C=O) groups is 1. The number of nitrogens with zero attached hydrogens (tertiary/aromatic N) is 1. The van der Waals surface area contributed by atoms with Crippen LogP contribution in [0.1, 0.15) is 28.8 Å². The number of pyridine rings is 1. The van der Waals surface area contributed by atoms with E-state index in [9.17, 15) is 4.79 Å². The monoisotopic (exact) mass is 310 g/mol. The summed E-state index contributed by atoms with van der Waals surface area (Å²) in [6.45, 7) is 3.46. The topological polar surface area (TPSA) is 80.0 Å². The molecule has 23 heavy (non-hydrogen) atoms. The Balaban J connectivity index is 0.000000151. The third-order valence-corrected chi connectivity index (χ3v) is 4.64. The lowest BCUT2D eigenvalue weighted by molar-refractivity contribution is 0.1000. The minimum atomic E-state index is -0.419. The number of hydrogen-bond donors (Lipinski definition) is 3. The standard InChI is InChI=1S/C12H16N2.C6H6N2O/c1-2-4-11-10(3-1)12(9-14-11)5-7-13-8-6-12;7-6(9)5-1-3-8-4-2-5/h1-4,13-14H,5-9H2;1-4H,(H2,7,9). The summed E-state index contributed by atoms with van der Waals surface area (Å²) in [6.07, 6.45) is 5.61. The van der Waals surface area contributed by atoms with Crippen LogP contribution >= 0.6 is 0 Å². The molecule has 1 fully saturated rings. The van der Waals surface area contributed by atoms with Crippen LogP contribution in [0, 0.1) is 0 Å². The summed E-state index contributed by atoms with van der Waals surface area (Å²) in [5.41, 5.74) is 8.77. The van der Waals surface area contributed by atoms with Gasteiger partial charge < -0.3 is 16.4 Å². The summed E-state index contributed by atoms with van der Waals surface area (Å²) in [7, 11) is 0. The van der Waals surface area contributed by atoms with E-state index in [0.717, 1.165) is 19.6 Å². The molecule has 1 spiro atoms. The first kappa shape index (κ1) is 15.5. The number of carbonyl (C=O) groups excluding carboxylic acids is 1. The van der Waals surface area contributed by atoms with Crippen molar-refractivity contribution < 1.29 is 4.79 Å².